The van der Waals surface area contributed by atoms with Crippen LogP contribution in [0.3, 0.4) is 0 Å². The van der Waals surface area contributed by atoms with E-state index >= 15 is 0 Å². The second-order valence-electron chi connectivity index (χ2n) is 1.66. The SMILES string of the molecule is O=C(Oc1csc(Cl)n1)C(F)F.[Na]. The molecule has 0 spiro atoms. The number of nitrogens with zero attached hydrogens (tertiary/aromatic N) is 1. The number of aromatic nitrogens is 1. The maximum atomic E-state index is 11.6. The first-order valence-electron chi connectivity index (χ1n) is 2.70. The van der Waals surface area contributed by atoms with E-state index in [0.29, 0.717) is 0 Å². The molecule has 0 amide bonds. The molecule has 8 heteroatoms. The molecule has 13 heavy (non-hydrogen) atoms. The van der Waals surface area contributed by atoms with Crippen LogP contribution in [0.15, 0.2) is 5.38 Å². The standard InChI is InChI=1S/C5H2ClF2NO2S.Na/c6-5-9-2(1-12-5)11-4(10)3(7)8;/h1,3H;. The maximum Gasteiger partial charge on any atom is 0.380 e. The summed E-state index contributed by atoms with van der Waals surface area (Å²) < 4.78 is 27.4. The fourth-order valence-electron chi connectivity index (χ4n) is 0.433. The monoisotopic (exact) mass is 236 g/mol. The van der Waals surface area contributed by atoms with Crippen molar-refractivity contribution in [1.29, 1.82) is 0 Å². The molecule has 0 N–H and O–H groups in total. The van der Waals surface area contributed by atoms with Crippen LogP contribution in [0.1, 0.15) is 0 Å². The largest absolute Gasteiger partial charge is 0.402 e. The Bertz CT molecular complexity index is 296. The quantitative estimate of drug-likeness (QED) is 0.578. The Labute approximate surface area is 103 Å². The third kappa shape index (κ3) is 4.33. The van der Waals surface area contributed by atoms with E-state index in [1.54, 1.807) is 0 Å². The molecule has 0 aromatic carbocycles. The van der Waals surface area contributed by atoms with E-state index in [2.05, 4.69) is 9.72 Å². The van der Waals surface area contributed by atoms with Gasteiger partial charge in [0.25, 0.3) is 0 Å². The summed E-state index contributed by atoms with van der Waals surface area (Å²) >= 11 is 6.34. The molecular formula is C5H2ClF2NNaO2S. The zero-order chi connectivity index (χ0) is 9.14. The van der Waals surface area contributed by atoms with E-state index in [-0.39, 0.29) is 39.9 Å². The van der Waals surface area contributed by atoms with Gasteiger partial charge in [0, 0.05) is 29.6 Å². The Morgan fingerprint density at radius 2 is 2.31 bits per heavy atom. The van der Waals surface area contributed by atoms with E-state index < -0.39 is 12.4 Å². The van der Waals surface area contributed by atoms with Crippen LogP contribution >= 0.6 is 22.9 Å². The van der Waals surface area contributed by atoms with Gasteiger partial charge in [-0.2, -0.15) is 13.8 Å². The third-order valence-electron chi connectivity index (χ3n) is 0.838. The van der Waals surface area contributed by atoms with Gasteiger partial charge < -0.3 is 4.74 Å². The molecule has 1 radical (unpaired) electrons. The summed E-state index contributed by atoms with van der Waals surface area (Å²) in [5, 5.41) is 1.27. The molecule has 0 aliphatic heterocycles. The van der Waals surface area contributed by atoms with Gasteiger partial charge in [-0.25, -0.2) is 4.79 Å². The van der Waals surface area contributed by atoms with E-state index in [9.17, 15) is 13.6 Å². The molecule has 0 atom stereocenters. The number of alkyl halides is 2. The predicted molar refractivity (Wildman–Crippen MR) is 44.5 cm³/mol. The molecule has 0 unspecified atom stereocenters. The Hall–Kier alpha value is 0.250. The molecule has 0 saturated heterocycles. The summed E-state index contributed by atoms with van der Waals surface area (Å²) in [5.41, 5.74) is 0. The summed E-state index contributed by atoms with van der Waals surface area (Å²) in [6.45, 7) is 0. The van der Waals surface area contributed by atoms with Gasteiger partial charge in [-0.3, -0.25) is 0 Å². The fourth-order valence-corrected chi connectivity index (χ4v) is 1.09. The van der Waals surface area contributed by atoms with Gasteiger partial charge in [-0.1, -0.05) is 11.6 Å². The van der Waals surface area contributed by atoms with Gasteiger partial charge in [-0.15, -0.1) is 11.3 Å². The average molecular weight is 237 g/mol. The molecule has 1 aromatic heterocycles. The summed E-state index contributed by atoms with van der Waals surface area (Å²) in [6.07, 6.45) is -3.15. The Kier molecular flexibility index (Phi) is 5.98. The van der Waals surface area contributed by atoms with Crippen molar-refractivity contribution in [3.63, 3.8) is 0 Å². The van der Waals surface area contributed by atoms with Crippen LogP contribution in [0.5, 0.6) is 5.88 Å². The fraction of sp³-hybridized carbons (Fsp3) is 0.200. The van der Waals surface area contributed by atoms with E-state index in [1.807, 2.05) is 0 Å². The smallest absolute Gasteiger partial charge is 0.380 e. The van der Waals surface area contributed by atoms with Crippen LogP contribution < -0.4 is 4.74 Å². The van der Waals surface area contributed by atoms with Crippen LogP contribution in [0.2, 0.25) is 4.47 Å². The summed E-state index contributed by atoms with van der Waals surface area (Å²) in [6, 6.07) is 0. The number of carbonyl (C=O) groups is 1. The molecule has 3 nitrogen and oxygen atoms in total. The number of halogens is 3. The number of hydrogen-bond donors (Lipinski definition) is 0. The second-order valence-corrected chi connectivity index (χ2v) is 3.10. The van der Waals surface area contributed by atoms with Crippen molar-refractivity contribution in [2.45, 2.75) is 6.43 Å². The number of ether oxygens (including phenoxy) is 1. The Morgan fingerprint density at radius 3 is 2.69 bits per heavy atom. The van der Waals surface area contributed by atoms with Crippen LogP contribution in [-0.2, 0) is 4.79 Å². The summed E-state index contributed by atoms with van der Waals surface area (Å²) in [4.78, 5) is 13.7. The van der Waals surface area contributed by atoms with Gasteiger partial charge >= 0.3 is 12.4 Å². The minimum absolute atomic E-state index is 0. The number of hydrogen-bond acceptors (Lipinski definition) is 4. The number of carbonyl (C=O) groups excluding carboxylic acids is 1. The van der Waals surface area contributed by atoms with Crippen LogP contribution in [-0.4, -0.2) is 46.9 Å². The minimum atomic E-state index is -3.15. The van der Waals surface area contributed by atoms with Crippen molar-refractivity contribution in [1.82, 2.24) is 4.98 Å². The summed E-state index contributed by atoms with van der Waals surface area (Å²) in [7, 11) is 0. The van der Waals surface area contributed by atoms with Gasteiger partial charge in [0.05, 0.1) is 5.38 Å². The molecule has 0 aliphatic carbocycles. The van der Waals surface area contributed by atoms with E-state index in [4.69, 9.17) is 11.6 Å². The molecule has 1 rings (SSSR count). The van der Waals surface area contributed by atoms with Gasteiger partial charge in [0.1, 0.15) is 0 Å². The first-order chi connectivity index (χ1) is 5.59. The van der Waals surface area contributed by atoms with Crippen molar-refractivity contribution in [3.05, 3.63) is 9.85 Å². The molecular weight excluding hydrogens is 235 g/mol. The number of esters is 1. The number of thiazole rings is 1. The van der Waals surface area contributed by atoms with Crippen molar-refractivity contribution in [2.24, 2.45) is 0 Å². The zero-order valence-corrected chi connectivity index (χ0v) is 10.0. The normalized spacial score (nSPS) is 9.54. The first-order valence-corrected chi connectivity index (χ1v) is 3.96. The minimum Gasteiger partial charge on any atom is -0.402 e. The van der Waals surface area contributed by atoms with E-state index in [0.717, 1.165) is 11.3 Å². The van der Waals surface area contributed by atoms with Crippen molar-refractivity contribution >= 4 is 58.5 Å². The molecule has 67 valence electrons. The Morgan fingerprint density at radius 1 is 1.69 bits per heavy atom. The Balaban J connectivity index is 0.00000144. The van der Waals surface area contributed by atoms with Crippen LogP contribution in [0.4, 0.5) is 8.78 Å². The van der Waals surface area contributed by atoms with Crippen molar-refractivity contribution < 1.29 is 18.3 Å². The third-order valence-corrected chi connectivity index (χ3v) is 1.80. The van der Waals surface area contributed by atoms with Crippen molar-refractivity contribution in [3.8, 4) is 5.88 Å². The molecule has 0 fully saturated rings. The van der Waals surface area contributed by atoms with E-state index in [1.165, 1.54) is 5.38 Å². The molecule has 1 aromatic rings. The molecule has 0 bridgehead atoms. The van der Waals surface area contributed by atoms with Crippen LogP contribution in [0.25, 0.3) is 0 Å². The average Bonchev–Trinajstić information content (AvgIpc) is 2.35. The molecule has 0 saturated carbocycles. The van der Waals surface area contributed by atoms with Gasteiger partial charge in [0.2, 0.25) is 5.88 Å². The topological polar surface area (TPSA) is 39.2 Å². The van der Waals surface area contributed by atoms with Gasteiger partial charge in [-0.05, 0) is 0 Å². The molecule has 1 heterocycles. The second kappa shape index (κ2) is 5.87. The maximum absolute atomic E-state index is 11.6. The molecule has 0 aliphatic rings. The van der Waals surface area contributed by atoms with Crippen LogP contribution in [0, 0.1) is 0 Å². The first kappa shape index (κ1) is 13.2. The number of rotatable bonds is 2. The zero-order valence-electron chi connectivity index (χ0n) is 6.46. The predicted octanol–water partition coefficient (Wildman–Crippen LogP) is 1.59. The van der Waals surface area contributed by atoms with Crippen molar-refractivity contribution in [2.75, 3.05) is 0 Å². The van der Waals surface area contributed by atoms with Gasteiger partial charge in [0.15, 0.2) is 4.47 Å². The summed E-state index contributed by atoms with van der Waals surface area (Å²) in [5.74, 6) is -1.83.